The first-order valence-electron chi connectivity index (χ1n) is 10.3. The summed E-state index contributed by atoms with van der Waals surface area (Å²) < 4.78 is 0. The molecule has 0 atom stereocenters. The summed E-state index contributed by atoms with van der Waals surface area (Å²) in [5, 5.41) is 12.5. The molecule has 0 spiro atoms. The average molecular weight is 334 g/mol. The van der Waals surface area contributed by atoms with Crippen LogP contribution in [0.25, 0.3) is 0 Å². The van der Waals surface area contributed by atoms with Crippen LogP contribution in [0.4, 0.5) is 5.69 Å². The third kappa shape index (κ3) is 11.5. The van der Waals surface area contributed by atoms with E-state index in [9.17, 15) is 0 Å². The van der Waals surface area contributed by atoms with E-state index in [0.29, 0.717) is 0 Å². The lowest BCUT2D eigenvalue weighted by Gasteiger charge is -2.07. The minimum Gasteiger partial charge on any atom is -0.392 e. The van der Waals surface area contributed by atoms with Crippen LogP contribution in [0.3, 0.4) is 0 Å². The van der Waals surface area contributed by atoms with Gasteiger partial charge in [0, 0.05) is 12.2 Å². The quantitative estimate of drug-likeness (QED) is 0.331. The molecule has 1 aromatic rings. The second kappa shape index (κ2) is 15.5. The molecule has 2 nitrogen and oxygen atoms in total. The Morgan fingerprint density at radius 2 is 1.12 bits per heavy atom. The van der Waals surface area contributed by atoms with Crippen molar-refractivity contribution in [3.05, 3.63) is 29.8 Å². The largest absolute Gasteiger partial charge is 0.392 e. The zero-order valence-electron chi connectivity index (χ0n) is 15.9. The van der Waals surface area contributed by atoms with Gasteiger partial charge in [-0.2, -0.15) is 0 Å². The molecule has 0 amide bonds. The summed E-state index contributed by atoms with van der Waals surface area (Å²) in [7, 11) is 0. The maximum Gasteiger partial charge on any atom is 0.0681 e. The zero-order valence-corrected chi connectivity index (χ0v) is 15.9. The van der Waals surface area contributed by atoms with Gasteiger partial charge < -0.3 is 10.4 Å². The Hall–Kier alpha value is -1.02. The first kappa shape index (κ1) is 21.0. The topological polar surface area (TPSA) is 32.3 Å². The molecule has 2 N–H and O–H groups in total. The zero-order chi connectivity index (χ0) is 17.3. The Morgan fingerprint density at radius 3 is 1.58 bits per heavy atom. The summed E-state index contributed by atoms with van der Waals surface area (Å²) in [5.41, 5.74) is 2.13. The molecule has 24 heavy (non-hydrogen) atoms. The monoisotopic (exact) mass is 333 g/mol. The maximum absolute atomic E-state index is 9.02. The van der Waals surface area contributed by atoms with Gasteiger partial charge in [-0.3, -0.25) is 0 Å². The van der Waals surface area contributed by atoms with E-state index in [1.165, 1.54) is 83.5 Å². The van der Waals surface area contributed by atoms with E-state index >= 15 is 0 Å². The highest BCUT2D eigenvalue weighted by Crippen LogP contribution is 2.13. The van der Waals surface area contributed by atoms with Crippen molar-refractivity contribution in [1.29, 1.82) is 0 Å². The van der Waals surface area contributed by atoms with Gasteiger partial charge in [-0.05, 0) is 24.1 Å². The molecule has 0 heterocycles. The van der Waals surface area contributed by atoms with Crippen LogP contribution < -0.4 is 5.32 Å². The number of nitrogens with one attached hydrogen (secondary N) is 1. The standard InChI is InChI=1S/C22H39NO/c1-2-3-4-5-6-7-8-9-10-11-12-13-14-19-23-22-17-15-21(20-24)16-18-22/h15-18,23-24H,2-14,19-20H2,1H3. The summed E-state index contributed by atoms with van der Waals surface area (Å²) in [6.45, 7) is 3.46. The Balaban J connectivity index is 1.80. The molecule has 0 aliphatic carbocycles. The second-order valence-electron chi connectivity index (χ2n) is 7.02. The molecule has 1 rings (SSSR count). The summed E-state index contributed by atoms with van der Waals surface area (Å²) >= 11 is 0. The van der Waals surface area contributed by atoms with E-state index in [1.807, 2.05) is 24.3 Å². The lowest BCUT2D eigenvalue weighted by atomic mass is 10.0. The highest BCUT2D eigenvalue weighted by atomic mass is 16.3. The summed E-state index contributed by atoms with van der Waals surface area (Å²) in [5.74, 6) is 0. The molecule has 0 saturated heterocycles. The van der Waals surface area contributed by atoms with Crippen LogP contribution >= 0.6 is 0 Å². The first-order chi connectivity index (χ1) is 11.9. The van der Waals surface area contributed by atoms with E-state index in [4.69, 9.17) is 5.11 Å². The number of unbranched alkanes of at least 4 members (excludes halogenated alkanes) is 12. The van der Waals surface area contributed by atoms with Crippen LogP contribution in [-0.2, 0) is 6.61 Å². The second-order valence-corrected chi connectivity index (χ2v) is 7.02. The van der Waals surface area contributed by atoms with Gasteiger partial charge in [-0.15, -0.1) is 0 Å². The Morgan fingerprint density at radius 1 is 0.667 bits per heavy atom. The molecule has 0 fully saturated rings. The highest BCUT2D eigenvalue weighted by Gasteiger charge is 1.95. The van der Waals surface area contributed by atoms with E-state index in [0.717, 1.165) is 17.8 Å². The van der Waals surface area contributed by atoms with Gasteiger partial charge in [0.25, 0.3) is 0 Å². The van der Waals surface area contributed by atoms with Crippen molar-refractivity contribution in [3.8, 4) is 0 Å². The first-order valence-corrected chi connectivity index (χ1v) is 10.3. The molecule has 0 bridgehead atoms. The third-order valence-electron chi connectivity index (χ3n) is 4.75. The Kier molecular flexibility index (Phi) is 13.6. The van der Waals surface area contributed by atoms with Gasteiger partial charge in [0.05, 0.1) is 6.61 Å². The Labute approximate surface area is 150 Å². The van der Waals surface area contributed by atoms with Crippen LogP contribution in [0, 0.1) is 0 Å². The minimum absolute atomic E-state index is 0.124. The van der Waals surface area contributed by atoms with Crippen molar-refractivity contribution in [1.82, 2.24) is 0 Å². The van der Waals surface area contributed by atoms with Gasteiger partial charge in [-0.25, -0.2) is 0 Å². The molecular weight excluding hydrogens is 294 g/mol. The SMILES string of the molecule is CCCCCCCCCCCCCCCNc1ccc(CO)cc1. The average Bonchev–Trinajstić information content (AvgIpc) is 2.62. The summed E-state index contributed by atoms with van der Waals surface area (Å²) in [6.07, 6.45) is 18.2. The van der Waals surface area contributed by atoms with Crippen molar-refractivity contribution in [2.24, 2.45) is 0 Å². The predicted molar refractivity (Wildman–Crippen MR) is 107 cm³/mol. The van der Waals surface area contributed by atoms with E-state index in [-0.39, 0.29) is 6.61 Å². The molecule has 0 aliphatic heterocycles. The molecule has 2 heteroatoms. The van der Waals surface area contributed by atoms with Gasteiger partial charge >= 0.3 is 0 Å². The molecule has 1 aromatic carbocycles. The van der Waals surface area contributed by atoms with E-state index in [1.54, 1.807) is 0 Å². The van der Waals surface area contributed by atoms with Gasteiger partial charge in [0.1, 0.15) is 0 Å². The molecule has 0 aromatic heterocycles. The number of hydrogen-bond donors (Lipinski definition) is 2. The molecule has 0 saturated carbocycles. The van der Waals surface area contributed by atoms with Gasteiger partial charge in [0.2, 0.25) is 0 Å². The van der Waals surface area contributed by atoms with Gasteiger partial charge in [-0.1, -0.05) is 96.1 Å². The van der Waals surface area contributed by atoms with Crippen molar-refractivity contribution < 1.29 is 5.11 Å². The van der Waals surface area contributed by atoms with Crippen molar-refractivity contribution in [2.75, 3.05) is 11.9 Å². The Bertz CT molecular complexity index is 374. The predicted octanol–water partition coefficient (Wildman–Crippen LogP) is 6.68. The fourth-order valence-corrected chi connectivity index (χ4v) is 3.10. The van der Waals surface area contributed by atoms with Crippen LogP contribution in [0.1, 0.15) is 96.0 Å². The molecule has 0 radical (unpaired) electrons. The fourth-order valence-electron chi connectivity index (χ4n) is 3.10. The van der Waals surface area contributed by atoms with Crippen molar-refractivity contribution >= 4 is 5.69 Å². The normalized spacial score (nSPS) is 10.9. The van der Waals surface area contributed by atoms with Crippen LogP contribution in [0.5, 0.6) is 0 Å². The summed E-state index contributed by atoms with van der Waals surface area (Å²) in [4.78, 5) is 0. The van der Waals surface area contributed by atoms with Crippen LogP contribution in [0.15, 0.2) is 24.3 Å². The number of anilines is 1. The van der Waals surface area contributed by atoms with Crippen LogP contribution in [-0.4, -0.2) is 11.7 Å². The number of aliphatic hydroxyl groups excluding tert-OH is 1. The van der Waals surface area contributed by atoms with Crippen molar-refractivity contribution in [3.63, 3.8) is 0 Å². The number of benzene rings is 1. The lowest BCUT2D eigenvalue weighted by molar-refractivity contribution is 0.282. The van der Waals surface area contributed by atoms with E-state index in [2.05, 4.69) is 12.2 Å². The number of hydrogen-bond acceptors (Lipinski definition) is 2. The fraction of sp³-hybridized carbons (Fsp3) is 0.727. The molecule has 138 valence electrons. The molecule has 0 unspecified atom stereocenters. The third-order valence-corrected chi connectivity index (χ3v) is 4.75. The van der Waals surface area contributed by atoms with E-state index < -0.39 is 0 Å². The smallest absolute Gasteiger partial charge is 0.0681 e. The van der Waals surface area contributed by atoms with Crippen molar-refractivity contribution in [2.45, 2.75) is 97.0 Å². The number of rotatable bonds is 16. The van der Waals surface area contributed by atoms with Gasteiger partial charge in [0.15, 0.2) is 0 Å². The maximum atomic E-state index is 9.02. The lowest BCUT2D eigenvalue weighted by Crippen LogP contribution is -2.01. The highest BCUT2D eigenvalue weighted by molar-refractivity contribution is 5.44. The van der Waals surface area contributed by atoms with Crippen LogP contribution in [0.2, 0.25) is 0 Å². The molecular formula is C22H39NO. The summed E-state index contributed by atoms with van der Waals surface area (Å²) in [6, 6.07) is 8.06. The number of aliphatic hydroxyl groups is 1. The molecule has 0 aliphatic rings. The minimum atomic E-state index is 0.124.